The van der Waals surface area contributed by atoms with Crippen molar-refractivity contribution >= 4 is 34.6 Å². The van der Waals surface area contributed by atoms with Crippen molar-refractivity contribution in [2.75, 3.05) is 0 Å². The minimum atomic E-state index is 0.578. The second-order valence-electron chi connectivity index (χ2n) is 2.92. The molecule has 1 aliphatic heterocycles. The van der Waals surface area contributed by atoms with Gasteiger partial charge in [0.15, 0.2) is 0 Å². The summed E-state index contributed by atoms with van der Waals surface area (Å²) in [7, 11) is 0. The molecule has 0 N–H and O–H groups in total. The third-order valence-corrected chi connectivity index (χ3v) is 2.60. The van der Waals surface area contributed by atoms with Gasteiger partial charge in [0.05, 0.1) is 15.7 Å². The smallest absolute Gasteiger partial charge is 0.0680 e. The van der Waals surface area contributed by atoms with E-state index in [1.807, 2.05) is 19.1 Å². The second kappa shape index (κ2) is 2.75. The first-order valence-corrected chi connectivity index (χ1v) is 4.44. The fourth-order valence-corrected chi connectivity index (χ4v) is 1.69. The molecule has 1 heterocycles. The predicted molar refractivity (Wildman–Crippen MR) is 52.9 cm³/mol. The fourth-order valence-electron chi connectivity index (χ4n) is 1.34. The van der Waals surface area contributed by atoms with Crippen LogP contribution in [0.2, 0.25) is 10.0 Å². The highest BCUT2D eigenvalue weighted by Crippen LogP contribution is 2.34. The number of nitrogens with zero attached hydrogens (tertiary/aromatic N) is 1. The van der Waals surface area contributed by atoms with E-state index < -0.39 is 0 Å². The van der Waals surface area contributed by atoms with Crippen molar-refractivity contribution < 1.29 is 0 Å². The largest absolute Gasteiger partial charge is 0.257 e. The molecule has 1 aliphatic rings. The average Bonchev–Trinajstić information content (AvgIpc) is 2.30. The summed E-state index contributed by atoms with van der Waals surface area (Å²) in [4.78, 5) is 4.33. The minimum Gasteiger partial charge on any atom is -0.257 e. The van der Waals surface area contributed by atoms with Crippen LogP contribution in [0.3, 0.4) is 0 Å². The van der Waals surface area contributed by atoms with E-state index >= 15 is 0 Å². The molecule has 0 aliphatic carbocycles. The third-order valence-electron chi connectivity index (χ3n) is 1.88. The van der Waals surface area contributed by atoms with Crippen LogP contribution in [0.4, 0.5) is 5.69 Å². The topological polar surface area (TPSA) is 12.4 Å². The summed E-state index contributed by atoms with van der Waals surface area (Å²) in [5.41, 5.74) is 3.24. The number of benzene rings is 1. The van der Waals surface area contributed by atoms with Gasteiger partial charge >= 0.3 is 0 Å². The molecule has 0 spiro atoms. The van der Waals surface area contributed by atoms with Crippen LogP contribution >= 0.6 is 23.2 Å². The molecule has 62 valence electrons. The number of fused-ring (bicyclic) bond motifs is 1. The molecule has 12 heavy (non-hydrogen) atoms. The van der Waals surface area contributed by atoms with E-state index in [0.717, 1.165) is 17.8 Å². The number of aliphatic imine (C=N–C) groups is 1. The molecule has 0 unspecified atom stereocenters. The Balaban J connectivity index is 2.57. The van der Waals surface area contributed by atoms with Crippen molar-refractivity contribution in [3.63, 3.8) is 0 Å². The zero-order valence-corrected chi connectivity index (χ0v) is 8.08. The Labute approximate surface area is 81.0 Å². The monoisotopic (exact) mass is 199 g/mol. The highest BCUT2D eigenvalue weighted by atomic mass is 35.5. The highest BCUT2D eigenvalue weighted by Gasteiger charge is 2.13. The van der Waals surface area contributed by atoms with Gasteiger partial charge < -0.3 is 0 Å². The Bertz CT molecular complexity index is 369. The lowest BCUT2D eigenvalue weighted by Gasteiger charge is -1.99. The van der Waals surface area contributed by atoms with Gasteiger partial charge in [-0.05, 0) is 24.6 Å². The van der Waals surface area contributed by atoms with Crippen molar-refractivity contribution in [1.29, 1.82) is 0 Å². The number of hydrogen-bond donors (Lipinski definition) is 0. The molecular formula is C9H7Cl2N. The third kappa shape index (κ3) is 1.23. The van der Waals surface area contributed by atoms with Crippen LogP contribution in [0.15, 0.2) is 17.1 Å². The lowest BCUT2D eigenvalue weighted by Crippen LogP contribution is -1.88. The molecule has 0 bridgehead atoms. The van der Waals surface area contributed by atoms with E-state index in [9.17, 15) is 0 Å². The standard InChI is InChI=1S/C9H7Cl2N/c1-5-2-6-3-7(10)8(11)4-9(6)12-5/h3-4H,2H2,1H3. The molecule has 0 saturated carbocycles. The molecule has 0 atom stereocenters. The van der Waals surface area contributed by atoms with Crippen LogP contribution in [0, 0.1) is 0 Å². The Morgan fingerprint density at radius 2 is 1.92 bits per heavy atom. The first-order valence-electron chi connectivity index (χ1n) is 3.69. The average molecular weight is 200 g/mol. The van der Waals surface area contributed by atoms with Crippen LogP contribution in [0.5, 0.6) is 0 Å². The second-order valence-corrected chi connectivity index (χ2v) is 3.73. The van der Waals surface area contributed by atoms with Gasteiger partial charge in [0.1, 0.15) is 0 Å². The zero-order chi connectivity index (χ0) is 8.72. The Morgan fingerprint density at radius 3 is 2.67 bits per heavy atom. The summed E-state index contributed by atoms with van der Waals surface area (Å²) in [6, 6.07) is 3.70. The van der Waals surface area contributed by atoms with E-state index in [2.05, 4.69) is 4.99 Å². The molecule has 1 aromatic rings. The van der Waals surface area contributed by atoms with Crippen LogP contribution in [-0.4, -0.2) is 5.71 Å². The van der Waals surface area contributed by atoms with E-state index in [1.165, 1.54) is 5.56 Å². The number of rotatable bonds is 0. The molecule has 0 amide bonds. The van der Waals surface area contributed by atoms with Gasteiger partial charge in [-0.3, -0.25) is 4.99 Å². The molecular weight excluding hydrogens is 193 g/mol. The molecule has 0 fully saturated rings. The minimum absolute atomic E-state index is 0.578. The molecule has 2 rings (SSSR count). The van der Waals surface area contributed by atoms with Crippen molar-refractivity contribution in [2.45, 2.75) is 13.3 Å². The van der Waals surface area contributed by atoms with Gasteiger partial charge in [0.2, 0.25) is 0 Å². The zero-order valence-electron chi connectivity index (χ0n) is 6.56. The maximum Gasteiger partial charge on any atom is 0.0680 e. The summed E-state index contributed by atoms with van der Waals surface area (Å²) >= 11 is 11.7. The van der Waals surface area contributed by atoms with E-state index in [0.29, 0.717) is 10.0 Å². The highest BCUT2D eigenvalue weighted by molar-refractivity contribution is 6.42. The maximum atomic E-state index is 5.86. The lowest BCUT2D eigenvalue weighted by molar-refractivity contribution is 1.38. The SMILES string of the molecule is CC1=Nc2cc(Cl)c(Cl)cc2C1. The summed E-state index contributed by atoms with van der Waals surface area (Å²) in [6.45, 7) is 2.00. The molecule has 0 aromatic heterocycles. The van der Waals surface area contributed by atoms with Crippen molar-refractivity contribution in [3.8, 4) is 0 Å². The van der Waals surface area contributed by atoms with Gasteiger partial charge in [0.25, 0.3) is 0 Å². The van der Waals surface area contributed by atoms with E-state index in [4.69, 9.17) is 23.2 Å². The van der Waals surface area contributed by atoms with Gasteiger partial charge in [-0.25, -0.2) is 0 Å². The molecule has 1 aromatic carbocycles. The predicted octanol–water partition coefficient (Wildman–Crippen LogP) is 3.64. The molecule has 1 nitrogen and oxygen atoms in total. The van der Waals surface area contributed by atoms with Crippen LogP contribution < -0.4 is 0 Å². The normalized spacial score (nSPS) is 14.4. The quantitative estimate of drug-likeness (QED) is 0.606. The van der Waals surface area contributed by atoms with Crippen molar-refractivity contribution in [2.24, 2.45) is 4.99 Å². The Hall–Kier alpha value is -0.530. The Morgan fingerprint density at radius 1 is 1.25 bits per heavy atom. The van der Waals surface area contributed by atoms with Crippen molar-refractivity contribution in [1.82, 2.24) is 0 Å². The number of hydrogen-bond acceptors (Lipinski definition) is 1. The first kappa shape index (κ1) is 8.09. The van der Waals surface area contributed by atoms with Crippen LogP contribution in [0.1, 0.15) is 12.5 Å². The Kier molecular flexibility index (Phi) is 1.85. The lowest BCUT2D eigenvalue weighted by atomic mass is 10.1. The summed E-state index contributed by atoms with van der Waals surface area (Å²) in [5, 5.41) is 1.19. The van der Waals surface area contributed by atoms with E-state index in [-0.39, 0.29) is 0 Å². The van der Waals surface area contributed by atoms with Gasteiger partial charge in [-0.1, -0.05) is 23.2 Å². The molecule has 0 saturated heterocycles. The molecule has 0 radical (unpaired) electrons. The number of halogens is 2. The van der Waals surface area contributed by atoms with Gasteiger partial charge in [-0.2, -0.15) is 0 Å². The maximum absolute atomic E-state index is 5.86. The first-order chi connectivity index (χ1) is 5.66. The summed E-state index contributed by atoms with van der Waals surface area (Å²) in [6.07, 6.45) is 0.895. The van der Waals surface area contributed by atoms with Crippen LogP contribution in [0.25, 0.3) is 0 Å². The fraction of sp³-hybridized carbons (Fsp3) is 0.222. The van der Waals surface area contributed by atoms with Crippen LogP contribution in [-0.2, 0) is 6.42 Å². The molecule has 3 heteroatoms. The van der Waals surface area contributed by atoms with Gasteiger partial charge in [-0.15, -0.1) is 0 Å². The van der Waals surface area contributed by atoms with Crippen molar-refractivity contribution in [3.05, 3.63) is 27.7 Å². The summed E-state index contributed by atoms with van der Waals surface area (Å²) in [5.74, 6) is 0. The summed E-state index contributed by atoms with van der Waals surface area (Å²) < 4.78 is 0. The van der Waals surface area contributed by atoms with Gasteiger partial charge in [0, 0.05) is 12.1 Å². The van der Waals surface area contributed by atoms with E-state index in [1.54, 1.807) is 0 Å².